The highest BCUT2D eigenvalue weighted by molar-refractivity contribution is 6.06. The predicted octanol–water partition coefficient (Wildman–Crippen LogP) is 3.30. The standard InChI is InChI=1S/C17H19NO4/c1-10(2)21-14-8-6-5-7-13(14)18-17(20)16-11(3)9-15(19)22-12(16)4/h5-10H,1-4H3,(H,18,20). The van der Waals surface area contributed by atoms with Gasteiger partial charge in [0.25, 0.3) is 5.91 Å². The molecule has 0 aliphatic rings. The molecule has 2 aromatic rings. The van der Waals surface area contributed by atoms with Crippen molar-refractivity contribution in [1.29, 1.82) is 0 Å². The maximum Gasteiger partial charge on any atom is 0.336 e. The van der Waals surface area contributed by atoms with Crippen LogP contribution in [0.4, 0.5) is 5.69 Å². The Kier molecular flexibility index (Phi) is 4.65. The molecule has 5 nitrogen and oxygen atoms in total. The van der Waals surface area contributed by atoms with Gasteiger partial charge in [0.2, 0.25) is 0 Å². The normalized spacial score (nSPS) is 10.6. The molecule has 1 N–H and O–H groups in total. The summed E-state index contributed by atoms with van der Waals surface area (Å²) in [6.07, 6.45) is -0.00345. The van der Waals surface area contributed by atoms with Gasteiger partial charge in [-0.25, -0.2) is 4.79 Å². The molecule has 0 aliphatic carbocycles. The minimum atomic E-state index is -0.463. The number of rotatable bonds is 4. The van der Waals surface area contributed by atoms with Crippen LogP contribution in [0.15, 0.2) is 39.5 Å². The zero-order valence-electron chi connectivity index (χ0n) is 13.1. The quantitative estimate of drug-likeness (QED) is 0.940. The molecule has 0 aliphatic heterocycles. The number of para-hydroxylation sites is 2. The van der Waals surface area contributed by atoms with Gasteiger partial charge < -0.3 is 14.5 Å². The maximum atomic E-state index is 12.5. The highest BCUT2D eigenvalue weighted by Crippen LogP contribution is 2.26. The van der Waals surface area contributed by atoms with Crippen molar-refractivity contribution < 1.29 is 13.9 Å². The summed E-state index contributed by atoms with van der Waals surface area (Å²) in [4.78, 5) is 23.8. The second kappa shape index (κ2) is 6.47. The largest absolute Gasteiger partial charge is 0.489 e. The second-order valence-electron chi connectivity index (χ2n) is 5.30. The van der Waals surface area contributed by atoms with Crippen LogP contribution in [-0.2, 0) is 0 Å². The van der Waals surface area contributed by atoms with Crippen LogP contribution >= 0.6 is 0 Å². The van der Waals surface area contributed by atoms with E-state index < -0.39 is 5.63 Å². The fraction of sp³-hybridized carbons (Fsp3) is 0.294. The van der Waals surface area contributed by atoms with E-state index in [1.807, 2.05) is 26.0 Å². The first-order chi connectivity index (χ1) is 10.4. The first kappa shape index (κ1) is 15.8. The predicted molar refractivity (Wildman–Crippen MR) is 84.6 cm³/mol. The summed E-state index contributed by atoms with van der Waals surface area (Å²) in [5.74, 6) is 0.557. The Morgan fingerprint density at radius 3 is 2.55 bits per heavy atom. The van der Waals surface area contributed by atoms with Crippen LogP contribution in [0.2, 0.25) is 0 Å². The minimum Gasteiger partial charge on any atom is -0.489 e. The third-order valence-corrected chi connectivity index (χ3v) is 3.06. The van der Waals surface area contributed by atoms with E-state index in [1.165, 1.54) is 6.07 Å². The lowest BCUT2D eigenvalue weighted by Gasteiger charge is -2.15. The summed E-state index contributed by atoms with van der Waals surface area (Å²) in [6, 6.07) is 8.51. The SMILES string of the molecule is Cc1cc(=O)oc(C)c1C(=O)Nc1ccccc1OC(C)C. The van der Waals surface area contributed by atoms with Crippen LogP contribution in [0.5, 0.6) is 5.75 Å². The van der Waals surface area contributed by atoms with Crippen molar-refractivity contribution in [2.75, 3.05) is 5.32 Å². The van der Waals surface area contributed by atoms with E-state index in [-0.39, 0.29) is 12.0 Å². The van der Waals surface area contributed by atoms with Gasteiger partial charge in [0.15, 0.2) is 0 Å². The fourth-order valence-electron chi connectivity index (χ4n) is 2.21. The van der Waals surface area contributed by atoms with E-state index >= 15 is 0 Å². The van der Waals surface area contributed by atoms with E-state index in [4.69, 9.17) is 9.15 Å². The molecular formula is C17H19NO4. The summed E-state index contributed by atoms with van der Waals surface area (Å²) >= 11 is 0. The topological polar surface area (TPSA) is 68.5 Å². The number of amides is 1. The number of carbonyl (C=O) groups is 1. The molecule has 0 radical (unpaired) electrons. The Morgan fingerprint density at radius 2 is 1.91 bits per heavy atom. The Labute approximate surface area is 128 Å². The molecule has 1 amide bonds. The smallest absolute Gasteiger partial charge is 0.336 e. The number of hydrogen-bond acceptors (Lipinski definition) is 4. The van der Waals surface area contributed by atoms with Crippen molar-refractivity contribution in [2.24, 2.45) is 0 Å². The van der Waals surface area contributed by atoms with E-state index in [9.17, 15) is 9.59 Å². The molecular weight excluding hydrogens is 282 g/mol. The lowest BCUT2D eigenvalue weighted by atomic mass is 10.1. The van der Waals surface area contributed by atoms with Crippen LogP contribution in [0.25, 0.3) is 0 Å². The van der Waals surface area contributed by atoms with Crippen molar-refractivity contribution in [3.05, 3.63) is 57.6 Å². The average molecular weight is 301 g/mol. The fourth-order valence-corrected chi connectivity index (χ4v) is 2.21. The number of benzene rings is 1. The highest BCUT2D eigenvalue weighted by Gasteiger charge is 2.17. The van der Waals surface area contributed by atoms with E-state index in [0.29, 0.717) is 28.3 Å². The molecule has 1 aromatic heterocycles. The maximum absolute atomic E-state index is 12.5. The van der Waals surface area contributed by atoms with Gasteiger partial charge in [-0.2, -0.15) is 0 Å². The van der Waals surface area contributed by atoms with E-state index in [1.54, 1.807) is 26.0 Å². The molecule has 1 heterocycles. The molecule has 0 saturated heterocycles. The minimum absolute atomic E-state index is 0.00345. The summed E-state index contributed by atoms with van der Waals surface area (Å²) < 4.78 is 10.7. The second-order valence-corrected chi connectivity index (χ2v) is 5.30. The van der Waals surface area contributed by atoms with Crippen molar-refractivity contribution in [2.45, 2.75) is 33.8 Å². The molecule has 0 spiro atoms. The molecule has 0 saturated carbocycles. The number of anilines is 1. The number of carbonyl (C=O) groups excluding carboxylic acids is 1. The number of hydrogen-bond donors (Lipinski definition) is 1. The number of nitrogens with one attached hydrogen (secondary N) is 1. The third kappa shape index (κ3) is 3.55. The van der Waals surface area contributed by atoms with Gasteiger partial charge in [-0.3, -0.25) is 4.79 Å². The summed E-state index contributed by atoms with van der Waals surface area (Å²) in [7, 11) is 0. The zero-order valence-corrected chi connectivity index (χ0v) is 13.1. The van der Waals surface area contributed by atoms with Gasteiger partial charge >= 0.3 is 5.63 Å². The number of aryl methyl sites for hydroxylation is 2. The van der Waals surface area contributed by atoms with Crippen molar-refractivity contribution in [3.63, 3.8) is 0 Å². The Hall–Kier alpha value is -2.56. The molecule has 2 rings (SSSR count). The van der Waals surface area contributed by atoms with Crippen LogP contribution in [0, 0.1) is 13.8 Å². The van der Waals surface area contributed by atoms with Crippen LogP contribution in [-0.4, -0.2) is 12.0 Å². The third-order valence-electron chi connectivity index (χ3n) is 3.06. The lowest BCUT2D eigenvalue weighted by Crippen LogP contribution is -2.18. The van der Waals surface area contributed by atoms with Gasteiger partial charge in [0.1, 0.15) is 11.5 Å². The van der Waals surface area contributed by atoms with Gasteiger partial charge in [-0.05, 0) is 45.4 Å². The van der Waals surface area contributed by atoms with Crippen LogP contribution in [0.1, 0.15) is 35.5 Å². The molecule has 0 fully saturated rings. The molecule has 116 valence electrons. The average Bonchev–Trinajstić information content (AvgIpc) is 2.39. The Morgan fingerprint density at radius 1 is 1.23 bits per heavy atom. The van der Waals surface area contributed by atoms with Gasteiger partial charge in [0, 0.05) is 6.07 Å². The van der Waals surface area contributed by atoms with Gasteiger partial charge in [-0.15, -0.1) is 0 Å². The first-order valence-electron chi connectivity index (χ1n) is 7.07. The molecule has 22 heavy (non-hydrogen) atoms. The van der Waals surface area contributed by atoms with Crippen molar-refractivity contribution >= 4 is 11.6 Å². The van der Waals surface area contributed by atoms with E-state index in [0.717, 1.165) is 0 Å². The Balaban J connectivity index is 2.32. The molecule has 0 unspecified atom stereocenters. The van der Waals surface area contributed by atoms with Crippen molar-refractivity contribution in [1.82, 2.24) is 0 Å². The van der Waals surface area contributed by atoms with Crippen molar-refractivity contribution in [3.8, 4) is 5.75 Å². The molecule has 5 heteroatoms. The first-order valence-corrected chi connectivity index (χ1v) is 7.07. The molecule has 0 bridgehead atoms. The lowest BCUT2D eigenvalue weighted by molar-refractivity contribution is 0.102. The van der Waals surface area contributed by atoms with E-state index in [2.05, 4.69) is 5.32 Å². The monoisotopic (exact) mass is 301 g/mol. The zero-order chi connectivity index (χ0) is 16.3. The van der Waals surface area contributed by atoms with Crippen LogP contribution in [0.3, 0.4) is 0 Å². The number of ether oxygens (including phenoxy) is 1. The summed E-state index contributed by atoms with van der Waals surface area (Å²) in [6.45, 7) is 7.13. The van der Waals surface area contributed by atoms with Crippen LogP contribution < -0.4 is 15.7 Å². The van der Waals surface area contributed by atoms with Gasteiger partial charge in [-0.1, -0.05) is 12.1 Å². The molecule has 0 atom stereocenters. The Bertz CT molecular complexity index is 720. The van der Waals surface area contributed by atoms with Gasteiger partial charge in [0.05, 0.1) is 17.4 Å². The highest BCUT2D eigenvalue weighted by atomic mass is 16.5. The molecule has 1 aromatic carbocycles. The summed E-state index contributed by atoms with van der Waals surface area (Å²) in [5, 5.41) is 2.81. The summed E-state index contributed by atoms with van der Waals surface area (Å²) in [5.41, 5.74) is 1.05.